The van der Waals surface area contributed by atoms with Gasteiger partial charge in [-0.15, -0.1) is 0 Å². The second-order valence-corrected chi connectivity index (χ2v) is 4.14. The first-order chi connectivity index (χ1) is 6.52. The normalized spacial score (nSPS) is 12.3. The van der Waals surface area contributed by atoms with Gasteiger partial charge >= 0.3 is 0 Å². The molecule has 1 aromatic carbocycles. The van der Waals surface area contributed by atoms with Crippen molar-refractivity contribution < 1.29 is 4.79 Å². The fourth-order valence-corrected chi connectivity index (χ4v) is 1.64. The first-order valence-corrected chi connectivity index (χ1v) is 5.09. The van der Waals surface area contributed by atoms with Crippen molar-refractivity contribution in [2.75, 3.05) is 7.05 Å². The van der Waals surface area contributed by atoms with Crippen LogP contribution in [0.5, 0.6) is 0 Å². The molecule has 1 unspecified atom stereocenters. The fraction of sp³-hybridized carbons (Fsp3) is 0.300. The number of halogens is 1. The Morgan fingerprint density at radius 1 is 1.57 bits per heavy atom. The minimum atomic E-state index is -0.206. The number of likely N-dealkylation sites (N-methyl/N-ethyl adjacent to an activating group) is 1. The molecule has 0 aromatic heterocycles. The number of nitrogens with zero attached hydrogens (tertiary/aromatic N) is 1. The van der Waals surface area contributed by atoms with Crippen molar-refractivity contribution in [2.24, 2.45) is 5.84 Å². The molecule has 4 heteroatoms. The summed E-state index contributed by atoms with van der Waals surface area (Å²) in [5, 5.41) is 1.12. The van der Waals surface area contributed by atoms with Crippen LogP contribution in [0.1, 0.15) is 18.4 Å². The molecule has 0 heterocycles. The van der Waals surface area contributed by atoms with Crippen LogP contribution < -0.4 is 5.84 Å². The van der Waals surface area contributed by atoms with Gasteiger partial charge in [-0.1, -0.05) is 28.1 Å². The molecule has 0 bridgehead atoms. The first kappa shape index (κ1) is 11.2. The van der Waals surface area contributed by atoms with Gasteiger partial charge in [0, 0.05) is 11.5 Å². The Morgan fingerprint density at radius 2 is 2.21 bits per heavy atom. The molecule has 0 radical (unpaired) electrons. The van der Waals surface area contributed by atoms with E-state index in [1.807, 2.05) is 31.2 Å². The standard InChI is InChI=1S/C10H13BrN2O/c1-7(10(14)13(2)12)8-4-3-5-9(11)6-8/h3-7H,12H2,1-2H3. The van der Waals surface area contributed by atoms with Crippen molar-refractivity contribution in [3.05, 3.63) is 34.3 Å². The number of nitrogens with two attached hydrogens (primary N) is 1. The van der Waals surface area contributed by atoms with Crippen molar-refractivity contribution in [2.45, 2.75) is 12.8 Å². The van der Waals surface area contributed by atoms with E-state index in [4.69, 9.17) is 5.84 Å². The molecule has 1 amide bonds. The second-order valence-electron chi connectivity index (χ2n) is 3.23. The van der Waals surface area contributed by atoms with Crippen molar-refractivity contribution in [1.82, 2.24) is 5.01 Å². The van der Waals surface area contributed by atoms with Crippen LogP contribution in [0, 0.1) is 0 Å². The maximum absolute atomic E-state index is 11.5. The van der Waals surface area contributed by atoms with Crippen LogP contribution in [-0.2, 0) is 4.79 Å². The molecule has 0 saturated heterocycles. The van der Waals surface area contributed by atoms with Gasteiger partial charge in [-0.2, -0.15) is 0 Å². The average Bonchev–Trinajstić information content (AvgIpc) is 2.15. The summed E-state index contributed by atoms with van der Waals surface area (Å²) in [6.45, 7) is 1.84. The van der Waals surface area contributed by atoms with Crippen molar-refractivity contribution in [1.29, 1.82) is 0 Å². The number of benzene rings is 1. The number of carbonyl (C=O) groups is 1. The molecule has 3 nitrogen and oxygen atoms in total. The number of hydrogen-bond acceptors (Lipinski definition) is 2. The first-order valence-electron chi connectivity index (χ1n) is 4.30. The van der Waals surface area contributed by atoms with E-state index >= 15 is 0 Å². The van der Waals surface area contributed by atoms with E-state index in [9.17, 15) is 4.79 Å². The summed E-state index contributed by atoms with van der Waals surface area (Å²) < 4.78 is 0.967. The fourth-order valence-electron chi connectivity index (χ4n) is 1.22. The minimum absolute atomic E-state index is 0.0944. The zero-order valence-electron chi connectivity index (χ0n) is 8.20. The lowest BCUT2D eigenvalue weighted by molar-refractivity contribution is -0.131. The van der Waals surface area contributed by atoms with Gasteiger partial charge in [0.25, 0.3) is 0 Å². The summed E-state index contributed by atoms with van der Waals surface area (Å²) >= 11 is 3.36. The van der Waals surface area contributed by atoms with Gasteiger partial charge in [0.1, 0.15) is 0 Å². The highest BCUT2D eigenvalue weighted by Crippen LogP contribution is 2.20. The Hall–Kier alpha value is -0.870. The largest absolute Gasteiger partial charge is 0.283 e. The third kappa shape index (κ3) is 2.56. The van der Waals surface area contributed by atoms with Crippen LogP contribution in [0.3, 0.4) is 0 Å². The van der Waals surface area contributed by atoms with E-state index < -0.39 is 0 Å². The highest BCUT2D eigenvalue weighted by Gasteiger charge is 2.17. The molecule has 1 atom stereocenters. The molecule has 14 heavy (non-hydrogen) atoms. The predicted octanol–water partition coefficient (Wildman–Crippen LogP) is 1.88. The summed E-state index contributed by atoms with van der Waals surface area (Å²) in [6, 6.07) is 7.66. The summed E-state index contributed by atoms with van der Waals surface area (Å²) in [6.07, 6.45) is 0. The smallest absolute Gasteiger partial charge is 0.243 e. The lowest BCUT2D eigenvalue weighted by atomic mass is 10.0. The summed E-state index contributed by atoms with van der Waals surface area (Å²) in [5.74, 6) is 5.08. The third-order valence-electron chi connectivity index (χ3n) is 2.07. The Labute approximate surface area is 92.0 Å². The van der Waals surface area contributed by atoms with Gasteiger partial charge in [-0.05, 0) is 24.6 Å². The molecule has 2 N–H and O–H groups in total. The van der Waals surface area contributed by atoms with Gasteiger partial charge in [0.05, 0.1) is 5.92 Å². The molecule has 1 rings (SSSR count). The van der Waals surface area contributed by atoms with Crippen molar-refractivity contribution >= 4 is 21.8 Å². The van der Waals surface area contributed by atoms with Crippen LogP contribution in [-0.4, -0.2) is 18.0 Å². The number of rotatable bonds is 2. The van der Waals surface area contributed by atoms with Gasteiger partial charge < -0.3 is 0 Å². The Balaban J connectivity index is 2.89. The summed E-state index contributed by atoms with van der Waals surface area (Å²) in [5.41, 5.74) is 0.960. The topological polar surface area (TPSA) is 46.3 Å². The van der Waals surface area contributed by atoms with Crippen LogP contribution in [0.4, 0.5) is 0 Å². The van der Waals surface area contributed by atoms with E-state index in [2.05, 4.69) is 15.9 Å². The number of amides is 1. The van der Waals surface area contributed by atoms with Crippen molar-refractivity contribution in [3.63, 3.8) is 0 Å². The molecule has 0 fully saturated rings. The number of carbonyl (C=O) groups excluding carboxylic acids is 1. The molecule has 0 saturated carbocycles. The quantitative estimate of drug-likeness (QED) is 0.499. The van der Waals surface area contributed by atoms with Crippen molar-refractivity contribution in [3.8, 4) is 0 Å². The summed E-state index contributed by atoms with van der Waals surface area (Å²) in [4.78, 5) is 11.5. The average molecular weight is 257 g/mol. The van der Waals surface area contributed by atoms with Crippen LogP contribution in [0.25, 0.3) is 0 Å². The highest BCUT2D eigenvalue weighted by atomic mass is 79.9. The zero-order chi connectivity index (χ0) is 10.7. The molecule has 0 aliphatic carbocycles. The molecule has 0 spiro atoms. The van der Waals surface area contributed by atoms with E-state index in [-0.39, 0.29) is 11.8 Å². The van der Waals surface area contributed by atoms with E-state index in [1.54, 1.807) is 7.05 Å². The van der Waals surface area contributed by atoms with Gasteiger partial charge in [0.15, 0.2) is 0 Å². The number of hydrogen-bond donors (Lipinski definition) is 1. The zero-order valence-corrected chi connectivity index (χ0v) is 9.78. The van der Waals surface area contributed by atoms with E-state index in [1.165, 1.54) is 0 Å². The Morgan fingerprint density at radius 3 is 2.71 bits per heavy atom. The summed E-state index contributed by atoms with van der Waals surface area (Å²) in [7, 11) is 1.55. The maximum atomic E-state index is 11.5. The van der Waals surface area contributed by atoms with E-state index in [0.717, 1.165) is 15.0 Å². The van der Waals surface area contributed by atoms with Crippen LogP contribution in [0.15, 0.2) is 28.7 Å². The minimum Gasteiger partial charge on any atom is -0.283 e. The molecule has 0 aliphatic heterocycles. The van der Waals surface area contributed by atoms with Crippen LogP contribution >= 0.6 is 15.9 Å². The van der Waals surface area contributed by atoms with Crippen LogP contribution in [0.2, 0.25) is 0 Å². The highest BCUT2D eigenvalue weighted by molar-refractivity contribution is 9.10. The van der Waals surface area contributed by atoms with E-state index in [0.29, 0.717) is 0 Å². The molecule has 1 aromatic rings. The lowest BCUT2D eigenvalue weighted by Crippen LogP contribution is -2.36. The Kier molecular flexibility index (Phi) is 3.66. The molecule has 0 aliphatic rings. The predicted molar refractivity (Wildman–Crippen MR) is 59.5 cm³/mol. The van der Waals surface area contributed by atoms with Gasteiger partial charge in [0.2, 0.25) is 5.91 Å². The van der Waals surface area contributed by atoms with Gasteiger partial charge in [-0.25, -0.2) is 5.84 Å². The molecule has 76 valence electrons. The molecular weight excluding hydrogens is 244 g/mol. The lowest BCUT2D eigenvalue weighted by Gasteiger charge is -2.16. The Bertz CT molecular complexity index is 339. The maximum Gasteiger partial charge on any atom is 0.243 e. The SMILES string of the molecule is CC(C(=O)N(C)N)c1cccc(Br)c1. The third-order valence-corrected chi connectivity index (χ3v) is 2.56. The number of hydrazine groups is 1. The molecular formula is C10H13BrN2O. The second kappa shape index (κ2) is 4.57. The van der Waals surface area contributed by atoms with Gasteiger partial charge in [-0.3, -0.25) is 9.80 Å². The monoisotopic (exact) mass is 256 g/mol.